The van der Waals surface area contributed by atoms with Gasteiger partial charge in [-0.05, 0) is 55.2 Å². The van der Waals surface area contributed by atoms with Gasteiger partial charge in [0.25, 0.3) is 5.56 Å². The molecule has 196 valence electrons. The molecule has 0 unspecified atom stereocenters. The van der Waals surface area contributed by atoms with Gasteiger partial charge in [0.15, 0.2) is 5.82 Å². The van der Waals surface area contributed by atoms with Crippen molar-refractivity contribution in [3.63, 3.8) is 0 Å². The number of aromatic amines is 1. The number of hydrogen-bond acceptors (Lipinski definition) is 6. The average Bonchev–Trinajstić information content (AvgIpc) is 3.26. The lowest BCUT2D eigenvalue weighted by molar-refractivity contribution is -0.121. The Morgan fingerprint density at radius 1 is 1.19 bits per heavy atom. The predicted octanol–water partition coefficient (Wildman–Crippen LogP) is 3.07. The average molecular weight is 525 g/mol. The van der Waals surface area contributed by atoms with Crippen molar-refractivity contribution in [2.45, 2.75) is 33.4 Å². The number of nitrogens with zero attached hydrogens (tertiary/aromatic N) is 2. The van der Waals surface area contributed by atoms with Crippen molar-refractivity contribution in [2.75, 3.05) is 25.0 Å². The van der Waals surface area contributed by atoms with Crippen molar-refractivity contribution < 1.29 is 9.53 Å². The van der Waals surface area contributed by atoms with E-state index < -0.39 is 0 Å². The minimum Gasteiger partial charge on any atom is -0.492 e. The van der Waals surface area contributed by atoms with E-state index in [0.29, 0.717) is 38.4 Å². The highest BCUT2D eigenvalue weighted by Crippen LogP contribution is 2.19. The molecule has 0 aliphatic heterocycles. The quantitative estimate of drug-likeness (QED) is 0.239. The molecule has 0 aliphatic rings. The zero-order valence-corrected chi connectivity index (χ0v) is 21.9. The van der Waals surface area contributed by atoms with Gasteiger partial charge >= 0.3 is 0 Å². The Morgan fingerprint density at radius 2 is 2.00 bits per heavy atom. The summed E-state index contributed by atoms with van der Waals surface area (Å²) in [5, 5.41) is 7.15. The van der Waals surface area contributed by atoms with E-state index in [2.05, 4.69) is 26.7 Å². The maximum atomic E-state index is 13.0. The molecule has 0 radical (unpaired) electrons. The fourth-order valence-electron chi connectivity index (χ4n) is 4.04. The SMILES string of the molecule is Cc1c[nH]c2ccc(CNC(=O)Cn3c(C)cnc(NCCc4ccccc4OCCN)c3=O)cc12.Cl. The van der Waals surface area contributed by atoms with Crippen LogP contribution in [-0.2, 0) is 24.3 Å². The van der Waals surface area contributed by atoms with Gasteiger partial charge in [-0.2, -0.15) is 0 Å². The first-order valence-electron chi connectivity index (χ1n) is 12.0. The van der Waals surface area contributed by atoms with E-state index in [9.17, 15) is 9.59 Å². The number of para-hydroxylation sites is 1. The first-order chi connectivity index (χ1) is 17.5. The van der Waals surface area contributed by atoms with Gasteiger partial charge in [0.05, 0.1) is 0 Å². The Bertz CT molecular complexity index is 1420. The molecule has 0 saturated heterocycles. The number of nitrogens with one attached hydrogen (secondary N) is 3. The molecule has 0 spiro atoms. The van der Waals surface area contributed by atoms with Crippen LogP contribution in [0.5, 0.6) is 5.75 Å². The smallest absolute Gasteiger partial charge is 0.293 e. The van der Waals surface area contributed by atoms with Gasteiger partial charge in [-0.15, -0.1) is 12.4 Å². The number of amides is 1. The third-order valence-corrected chi connectivity index (χ3v) is 6.03. The summed E-state index contributed by atoms with van der Waals surface area (Å²) in [7, 11) is 0. The van der Waals surface area contributed by atoms with Gasteiger partial charge in [-0.25, -0.2) is 4.98 Å². The fraction of sp³-hybridized carbons (Fsp3) is 0.296. The number of nitrogens with two attached hydrogens (primary N) is 1. The normalized spacial score (nSPS) is 10.7. The Morgan fingerprint density at radius 3 is 2.81 bits per heavy atom. The van der Waals surface area contributed by atoms with E-state index in [-0.39, 0.29) is 36.2 Å². The molecular formula is C27H33ClN6O3. The van der Waals surface area contributed by atoms with E-state index in [1.165, 1.54) is 4.57 Å². The Balaban J connectivity index is 0.00000380. The standard InChI is InChI=1S/C27H32N6O3.ClH/c1-18-14-30-23-8-7-20(13-22(18)23)16-31-25(34)17-33-19(2)15-32-26(27(33)35)29-11-9-21-5-3-4-6-24(21)36-12-10-28;/h3-8,13-15,30H,9-12,16-17,28H2,1-2H3,(H,29,32)(H,31,34);1H. The molecule has 0 saturated carbocycles. The lowest BCUT2D eigenvalue weighted by Gasteiger charge is -2.14. The van der Waals surface area contributed by atoms with Crippen LogP contribution in [0.3, 0.4) is 0 Å². The molecule has 0 bridgehead atoms. The second-order valence-corrected chi connectivity index (χ2v) is 8.69. The van der Waals surface area contributed by atoms with Gasteiger partial charge in [-0.3, -0.25) is 14.2 Å². The van der Waals surface area contributed by atoms with E-state index in [0.717, 1.165) is 33.3 Å². The van der Waals surface area contributed by atoms with Crippen LogP contribution in [0.15, 0.2) is 59.7 Å². The number of aryl methyl sites for hydroxylation is 2. The van der Waals surface area contributed by atoms with Crippen molar-refractivity contribution in [1.82, 2.24) is 19.9 Å². The number of carbonyl (C=O) groups is 1. The summed E-state index contributed by atoms with van der Waals surface area (Å²) in [5.74, 6) is 0.748. The van der Waals surface area contributed by atoms with Crippen molar-refractivity contribution in [1.29, 1.82) is 0 Å². The molecule has 0 atom stereocenters. The second kappa shape index (κ2) is 12.9. The number of hydrogen-bond donors (Lipinski definition) is 4. The number of aromatic nitrogens is 3. The summed E-state index contributed by atoms with van der Waals surface area (Å²) in [4.78, 5) is 33.1. The number of fused-ring (bicyclic) bond motifs is 1. The fourth-order valence-corrected chi connectivity index (χ4v) is 4.04. The summed E-state index contributed by atoms with van der Waals surface area (Å²) >= 11 is 0. The maximum absolute atomic E-state index is 13.0. The Kier molecular flexibility index (Phi) is 9.71. The summed E-state index contributed by atoms with van der Waals surface area (Å²) in [5.41, 5.74) is 10.0. The Hall–Kier alpha value is -3.82. The van der Waals surface area contributed by atoms with Crippen molar-refractivity contribution in [3.8, 4) is 5.75 Å². The third-order valence-electron chi connectivity index (χ3n) is 6.03. The molecule has 9 nitrogen and oxygen atoms in total. The molecule has 5 N–H and O–H groups in total. The van der Waals surface area contributed by atoms with Gasteiger partial charge in [0.2, 0.25) is 5.91 Å². The Labute approximate surface area is 221 Å². The van der Waals surface area contributed by atoms with Gasteiger partial charge < -0.3 is 26.1 Å². The zero-order valence-electron chi connectivity index (χ0n) is 21.0. The van der Waals surface area contributed by atoms with Crippen LogP contribution >= 0.6 is 12.4 Å². The highest BCUT2D eigenvalue weighted by molar-refractivity contribution is 5.85. The maximum Gasteiger partial charge on any atom is 0.293 e. The number of anilines is 1. The van der Waals surface area contributed by atoms with Crippen LogP contribution in [0.2, 0.25) is 0 Å². The van der Waals surface area contributed by atoms with E-state index in [1.54, 1.807) is 13.1 Å². The van der Waals surface area contributed by atoms with Crippen molar-refractivity contribution in [2.24, 2.45) is 5.73 Å². The highest BCUT2D eigenvalue weighted by Gasteiger charge is 2.12. The molecule has 4 aromatic rings. The minimum atomic E-state index is -0.331. The topological polar surface area (TPSA) is 127 Å². The number of halogens is 1. The zero-order chi connectivity index (χ0) is 25.5. The summed E-state index contributed by atoms with van der Waals surface area (Å²) in [6.45, 7) is 5.48. The molecule has 0 fully saturated rings. The van der Waals surface area contributed by atoms with Crippen molar-refractivity contribution in [3.05, 3.63) is 87.6 Å². The van der Waals surface area contributed by atoms with Crippen molar-refractivity contribution >= 4 is 35.0 Å². The molecule has 10 heteroatoms. The molecule has 0 aliphatic carbocycles. The van der Waals surface area contributed by atoms with Gasteiger partial charge in [0, 0.05) is 48.6 Å². The number of benzene rings is 2. The van der Waals surface area contributed by atoms with E-state index in [4.69, 9.17) is 10.5 Å². The van der Waals surface area contributed by atoms with E-state index >= 15 is 0 Å². The first-order valence-corrected chi connectivity index (χ1v) is 12.0. The first kappa shape index (κ1) is 27.8. The summed E-state index contributed by atoms with van der Waals surface area (Å²) < 4.78 is 7.12. The molecule has 37 heavy (non-hydrogen) atoms. The minimum absolute atomic E-state index is 0. The summed E-state index contributed by atoms with van der Waals surface area (Å²) in [6, 6.07) is 13.8. The number of ether oxygens (including phenoxy) is 1. The molecule has 4 rings (SSSR count). The number of carbonyl (C=O) groups excluding carboxylic acids is 1. The highest BCUT2D eigenvalue weighted by atomic mass is 35.5. The van der Waals surface area contributed by atoms with Gasteiger partial charge in [0.1, 0.15) is 18.9 Å². The largest absolute Gasteiger partial charge is 0.492 e. The van der Waals surface area contributed by atoms with Crippen LogP contribution in [0.1, 0.15) is 22.4 Å². The predicted molar refractivity (Wildman–Crippen MR) is 149 cm³/mol. The molecule has 1 amide bonds. The molecule has 2 heterocycles. The van der Waals surface area contributed by atoms with Crippen LogP contribution in [0.25, 0.3) is 10.9 Å². The monoisotopic (exact) mass is 524 g/mol. The molecule has 2 aromatic carbocycles. The third kappa shape index (κ3) is 6.90. The van der Waals surface area contributed by atoms with Crippen LogP contribution in [0.4, 0.5) is 5.82 Å². The van der Waals surface area contributed by atoms with E-state index in [1.807, 2.05) is 49.5 Å². The van der Waals surface area contributed by atoms with Crippen LogP contribution < -0.4 is 26.7 Å². The van der Waals surface area contributed by atoms with Gasteiger partial charge in [-0.1, -0.05) is 24.3 Å². The lowest BCUT2D eigenvalue weighted by atomic mass is 10.1. The number of rotatable bonds is 11. The van der Waals surface area contributed by atoms with Crippen LogP contribution in [-0.4, -0.2) is 40.1 Å². The summed E-state index contributed by atoms with van der Waals surface area (Å²) in [6.07, 6.45) is 4.20. The number of H-pyrrole nitrogens is 1. The second-order valence-electron chi connectivity index (χ2n) is 8.69. The molecule has 2 aromatic heterocycles. The lowest BCUT2D eigenvalue weighted by Crippen LogP contribution is -2.34. The molecular weight excluding hydrogens is 492 g/mol. The van der Waals surface area contributed by atoms with Crippen LogP contribution in [0, 0.1) is 13.8 Å².